The van der Waals surface area contributed by atoms with E-state index in [1.54, 1.807) is 19.3 Å². The second-order valence-electron chi connectivity index (χ2n) is 5.50. The molecule has 2 aromatic heterocycles. The zero-order valence-electron chi connectivity index (χ0n) is 13.4. The molecule has 3 rings (SSSR count). The molecule has 0 radical (unpaired) electrons. The second-order valence-corrected chi connectivity index (χ2v) is 7.47. The fraction of sp³-hybridized carbons (Fsp3) is 0.176. The van der Waals surface area contributed by atoms with Crippen LogP contribution in [0.4, 0.5) is 0 Å². The van der Waals surface area contributed by atoms with Crippen molar-refractivity contribution in [3.05, 3.63) is 78.0 Å². The first-order chi connectivity index (χ1) is 11.5. The van der Waals surface area contributed by atoms with Gasteiger partial charge in [-0.3, -0.25) is 4.98 Å². The van der Waals surface area contributed by atoms with E-state index in [1.807, 2.05) is 43.3 Å². The number of hydrogen-bond donors (Lipinski definition) is 1. The van der Waals surface area contributed by atoms with E-state index in [1.165, 1.54) is 16.8 Å². The Morgan fingerprint density at radius 3 is 2.46 bits per heavy atom. The number of aryl methyl sites for hydroxylation is 1. The Kier molecular flexibility index (Phi) is 4.46. The Morgan fingerprint density at radius 1 is 1.12 bits per heavy atom. The van der Waals surface area contributed by atoms with Gasteiger partial charge in [0.05, 0.1) is 24.3 Å². The van der Waals surface area contributed by atoms with Gasteiger partial charge in [0.1, 0.15) is 0 Å². The summed E-state index contributed by atoms with van der Waals surface area (Å²) in [5.41, 5.74) is 2.62. The molecule has 0 aliphatic heterocycles. The quantitative estimate of drug-likeness (QED) is 0.773. The lowest BCUT2D eigenvalue weighted by atomic mass is 10.0. The van der Waals surface area contributed by atoms with E-state index in [4.69, 9.17) is 0 Å². The van der Waals surface area contributed by atoms with Crippen LogP contribution in [0.2, 0.25) is 0 Å². The van der Waals surface area contributed by atoms with E-state index in [0.717, 1.165) is 11.1 Å². The highest BCUT2D eigenvalue weighted by Crippen LogP contribution is 2.30. The van der Waals surface area contributed by atoms with Crippen LogP contribution in [0.25, 0.3) is 0 Å². The van der Waals surface area contributed by atoms with Crippen molar-refractivity contribution in [1.82, 2.24) is 19.3 Å². The summed E-state index contributed by atoms with van der Waals surface area (Å²) in [5.74, 6) is 0. The van der Waals surface area contributed by atoms with E-state index in [9.17, 15) is 8.42 Å². The maximum Gasteiger partial charge on any atom is 0.260 e. The first-order valence-electron chi connectivity index (χ1n) is 7.44. The van der Waals surface area contributed by atoms with Gasteiger partial charge >= 0.3 is 0 Å². The Bertz CT molecular complexity index is 892. The molecule has 0 unspecified atom stereocenters. The lowest BCUT2D eigenvalue weighted by Gasteiger charge is -2.27. The van der Waals surface area contributed by atoms with Crippen molar-refractivity contribution in [2.45, 2.75) is 18.0 Å². The smallest absolute Gasteiger partial charge is 0.260 e. The number of hydrogen-bond acceptors (Lipinski definition) is 4. The summed E-state index contributed by atoms with van der Waals surface area (Å²) >= 11 is 0. The van der Waals surface area contributed by atoms with Crippen LogP contribution >= 0.6 is 0 Å². The molecule has 1 atom stereocenters. The van der Waals surface area contributed by atoms with Crippen molar-refractivity contribution < 1.29 is 8.42 Å². The number of nitrogens with one attached hydrogen (secondary N) is 1. The summed E-state index contributed by atoms with van der Waals surface area (Å²) in [6, 6.07) is 12.7. The molecule has 1 aromatic carbocycles. The molecule has 1 N–H and O–H groups in total. The van der Waals surface area contributed by atoms with Crippen LogP contribution in [-0.4, -0.2) is 34.7 Å². The molecule has 3 aromatic rings. The van der Waals surface area contributed by atoms with E-state index < -0.39 is 16.1 Å². The van der Waals surface area contributed by atoms with Gasteiger partial charge < -0.3 is 4.98 Å². The maximum absolute atomic E-state index is 12.9. The molecule has 24 heavy (non-hydrogen) atoms. The van der Waals surface area contributed by atoms with Crippen LogP contribution in [0.5, 0.6) is 0 Å². The molecule has 124 valence electrons. The summed E-state index contributed by atoms with van der Waals surface area (Å²) in [6.45, 7) is 1.99. The van der Waals surface area contributed by atoms with E-state index in [2.05, 4.69) is 15.0 Å². The standard InChI is InChI=1S/C17H18N4O2S/c1-13-6-8-14(9-7-13)17(15-5-3-4-10-19-15)21(2)24(22,23)16-11-18-12-20-16/h3-12,17H,1-2H3,(H,18,20)/t17-/m0/s1. The molecular formula is C17H18N4O2S. The number of nitrogens with zero attached hydrogens (tertiary/aromatic N) is 3. The van der Waals surface area contributed by atoms with E-state index in [-0.39, 0.29) is 5.03 Å². The lowest BCUT2D eigenvalue weighted by Crippen LogP contribution is -2.32. The molecule has 0 bridgehead atoms. The summed E-state index contributed by atoms with van der Waals surface area (Å²) in [5, 5.41) is 0.0537. The number of imidazole rings is 1. The van der Waals surface area contributed by atoms with Crippen LogP contribution < -0.4 is 0 Å². The van der Waals surface area contributed by atoms with Crippen molar-refractivity contribution in [2.24, 2.45) is 0 Å². The average Bonchev–Trinajstić information content (AvgIpc) is 3.13. The van der Waals surface area contributed by atoms with E-state index >= 15 is 0 Å². The number of aromatic amines is 1. The normalized spacial score (nSPS) is 13.1. The monoisotopic (exact) mass is 342 g/mol. The van der Waals surface area contributed by atoms with Crippen LogP contribution in [0, 0.1) is 6.92 Å². The fourth-order valence-electron chi connectivity index (χ4n) is 2.53. The third kappa shape index (κ3) is 3.08. The molecule has 2 heterocycles. The van der Waals surface area contributed by atoms with Gasteiger partial charge in [0, 0.05) is 13.2 Å². The van der Waals surface area contributed by atoms with Gasteiger partial charge in [0.15, 0.2) is 5.03 Å². The highest BCUT2D eigenvalue weighted by molar-refractivity contribution is 7.89. The molecule has 6 nitrogen and oxygen atoms in total. The number of pyridine rings is 1. The molecular weight excluding hydrogens is 324 g/mol. The molecule has 0 amide bonds. The minimum Gasteiger partial charge on any atom is -0.335 e. The molecule has 0 aliphatic carbocycles. The number of H-pyrrole nitrogens is 1. The molecule has 0 spiro atoms. The zero-order chi connectivity index (χ0) is 17.2. The van der Waals surface area contributed by atoms with Crippen LogP contribution in [0.15, 0.2) is 66.2 Å². The lowest BCUT2D eigenvalue weighted by molar-refractivity contribution is 0.410. The topological polar surface area (TPSA) is 79.0 Å². The Hall–Kier alpha value is -2.51. The first kappa shape index (κ1) is 16.4. The summed E-state index contributed by atoms with van der Waals surface area (Å²) in [7, 11) is -2.18. The Balaban J connectivity index is 2.10. The minimum absolute atomic E-state index is 0.0537. The number of sulfonamides is 1. The van der Waals surface area contributed by atoms with Crippen LogP contribution in [-0.2, 0) is 10.0 Å². The highest BCUT2D eigenvalue weighted by atomic mass is 32.2. The summed E-state index contributed by atoms with van der Waals surface area (Å²) < 4.78 is 27.1. The van der Waals surface area contributed by atoms with E-state index in [0.29, 0.717) is 5.69 Å². The minimum atomic E-state index is -3.73. The average molecular weight is 342 g/mol. The molecule has 0 fully saturated rings. The summed E-state index contributed by atoms with van der Waals surface area (Å²) in [4.78, 5) is 10.8. The molecule has 0 aliphatic rings. The van der Waals surface area contributed by atoms with Gasteiger partial charge in [0.25, 0.3) is 10.0 Å². The SMILES string of the molecule is Cc1ccc([C@@H](c2ccccn2)N(C)S(=O)(=O)c2cnc[nH]2)cc1. The number of rotatable bonds is 5. The highest BCUT2D eigenvalue weighted by Gasteiger charge is 2.32. The largest absolute Gasteiger partial charge is 0.335 e. The number of aromatic nitrogens is 3. The third-order valence-electron chi connectivity index (χ3n) is 3.85. The van der Waals surface area contributed by atoms with Crippen molar-refractivity contribution in [3.8, 4) is 0 Å². The third-order valence-corrected chi connectivity index (χ3v) is 5.60. The van der Waals surface area contributed by atoms with Crippen LogP contribution in [0.1, 0.15) is 22.9 Å². The van der Waals surface area contributed by atoms with Crippen LogP contribution in [0.3, 0.4) is 0 Å². The van der Waals surface area contributed by atoms with Crippen molar-refractivity contribution >= 4 is 10.0 Å². The first-order valence-corrected chi connectivity index (χ1v) is 8.88. The van der Waals surface area contributed by atoms with Crippen molar-refractivity contribution in [2.75, 3.05) is 7.05 Å². The molecule has 7 heteroatoms. The fourth-order valence-corrected chi connectivity index (χ4v) is 3.74. The van der Waals surface area contributed by atoms with Gasteiger partial charge in [0.2, 0.25) is 0 Å². The summed E-state index contributed by atoms with van der Waals surface area (Å²) in [6.07, 6.45) is 4.31. The predicted octanol–water partition coefficient (Wildman–Crippen LogP) is 2.52. The Morgan fingerprint density at radius 2 is 1.88 bits per heavy atom. The predicted molar refractivity (Wildman–Crippen MR) is 90.8 cm³/mol. The van der Waals surface area contributed by atoms with Gasteiger partial charge in [-0.1, -0.05) is 35.9 Å². The number of benzene rings is 1. The van der Waals surface area contributed by atoms with Crippen molar-refractivity contribution in [1.29, 1.82) is 0 Å². The zero-order valence-corrected chi connectivity index (χ0v) is 14.2. The van der Waals surface area contributed by atoms with Gasteiger partial charge in [-0.05, 0) is 24.6 Å². The maximum atomic E-state index is 12.9. The Labute approximate surface area is 141 Å². The van der Waals surface area contributed by atoms with Crippen molar-refractivity contribution in [3.63, 3.8) is 0 Å². The molecule has 0 saturated heterocycles. The molecule has 0 saturated carbocycles. The van der Waals surface area contributed by atoms with Gasteiger partial charge in [-0.25, -0.2) is 13.4 Å². The van der Waals surface area contributed by atoms with Gasteiger partial charge in [-0.15, -0.1) is 0 Å². The second kappa shape index (κ2) is 6.54. The van der Waals surface area contributed by atoms with Gasteiger partial charge in [-0.2, -0.15) is 4.31 Å².